The molecule has 1 aliphatic rings. The van der Waals surface area contributed by atoms with Crippen LogP contribution in [0.25, 0.3) is 10.8 Å². The number of fused-ring (bicyclic) bond motifs is 1. The molecule has 1 aliphatic heterocycles. The van der Waals surface area contributed by atoms with Gasteiger partial charge in [-0.05, 0) is 47.1 Å². The van der Waals surface area contributed by atoms with E-state index in [1.165, 1.54) is 54.3 Å². The number of esters is 3. The van der Waals surface area contributed by atoms with Crippen LogP contribution in [0.4, 0.5) is 5.69 Å². The van der Waals surface area contributed by atoms with Crippen LogP contribution in [0.5, 0.6) is 23.0 Å². The third kappa shape index (κ3) is 13.6. The summed E-state index contributed by atoms with van der Waals surface area (Å²) in [6.45, 7) is 26.6. The van der Waals surface area contributed by atoms with Crippen LogP contribution in [-0.4, -0.2) is 106 Å². The van der Waals surface area contributed by atoms with E-state index < -0.39 is 83.5 Å². The molecule has 70 heavy (non-hydrogen) atoms. The van der Waals surface area contributed by atoms with E-state index in [2.05, 4.69) is 13.2 Å². The minimum atomic E-state index is -1.35. The van der Waals surface area contributed by atoms with Gasteiger partial charge in [-0.25, -0.2) is 4.79 Å². The van der Waals surface area contributed by atoms with Gasteiger partial charge >= 0.3 is 23.9 Å². The number of nitrogens with two attached hydrogens (primary N) is 1. The number of benzene rings is 2. The van der Waals surface area contributed by atoms with Crippen molar-refractivity contribution in [2.45, 2.75) is 113 Å². The molecule has 0 spiro atoms. The highest BCUT2D eigenvalue weighted by Crippen LogP contribution is 2.53. The Hall–Kier alpha value is -6.17. The van der Waals surface area contributed by atoms with E-state index >= 15 is 4.79 Å². The Bertz CT molecular complexity index is 2360. The molecule has 0 unspecified atom stereocenters. The molecule has 1 heterocycles. The number of allylic oxidation sites excluding steroid dienone is 3. The number of ketones is 1. The molecule has 17 nitrogen and oxygen atoms in total. The summed E-state index contributed by atoms with van der Waals surface area (Å²) in [5, 5.41) is 10.0. The Morgan fingerprint density at radius 3 is 1.91 bits per heavy atom. The average molecular weight is 980 g/mol. The summed E-state index contributed by atoms with van der Waals surface area (Å²) in [4.78, 5) is 67.4. The zero-order chi connectivity index (χ0) is 52.9. The van der Waals surface area contributed by atoms with Crippen LogP contribution < -0.4 is 24.7 Å². The van der Waals surface area contributed by atoms with Crippen LogP contribution in [0.2, 0.25) is 0 Å². The van der Waals surface area contributed by atoms with Crippen LogP contribution in [0.3, 0.4) is 0 Å². The van der Waals surface area contributed by atoms with Crippen molar-refractivity contribution in [3.63, 3.8) is 0 Å². The van der Waals surface area contributed by atoms with Gasteiger partial charge in [-0.15, -0.1) is 0 Å². The topological polar surface area (TPSA) is 224 Å². The fourth-order valence-corrected chi connectivity index (χ4v) is 9.05. The number of carbonyl (C=O) groups excluding carboxylic acids is 4. The van der Waals surface area contributed by atoms with Crippen molar-refractivity contribution in [1.29, 1.82) is 0 Å². The van der Waals surface area contributed by atoms with E-state index in [9.17, 15) is 24.3 Å². The van der Waals surface area contributed by atoms with Gasteiger partial charge in [0.1, 0.15) is 48.6 Å². The number of carbonyl (C=O) groups is 5. The summed E-state index contributed by atoms with van der Waals surface area (Å²) >= 11 is 0. The number of aliphatic carboxylic acids is 1. The summed E-state index contributed by atoms with van der Waals surface area (Å²) < 4.78 is 60.4. The maximum absolute atomic E-state index is 15.2. The molecule has 3 N–H and O–H groups in total. The summed E-state index contributed by atoms with van der Waals surface area (Å²) in [7, 11) is 4.34. The number of nitrogen functional groups attached to an aromatic ring is 1. The van der Waals surface area contributed by atoms with Gasteiger partial charge in [0, 0.05) is 66.7 Å². The highest BCUT2D eigenvalue weighted by molar-refractivity contribution is 6.22. The normalized spacial score (nSPS) is 19.7. The molecular formula is C53H73NO16. The molecule has 1 saturated heterocycles. The largest absolute Gasteiger partial charge is 0.496 e. The van der Waals surface area contributed by atoms with Gasteiger partial charge in [0.2, 0.25) is 0 Å². The van der Waals surface area contributed by atoms with E-state index in [1.54, 1.807) is 72.8 Å². The van der Waals surface area contributed by atoms with E-state index in [-0.39, 0.29) is 71.0 Å². The van der Waals surface area contributed by atoms with E-state index in [4.69, 9.17) is 53.1 Å². The van der Waals surface area contributed by atoms with Crippen molar-refractivity contribution in [2.75, 3.05) is 47.1 Å². The monoisotopic (exact) mass is 979 g/mol. The summed E-state index contributed by atoms with van der Waals surface area (Å²) in [6.07, 6.45) is 5.35. The van der Waals surface area contributed by atoms with Crippen molar-refractivity contribution in [2.24, 2.45) is 29.6 Å². The molecular weight excluding hydrogens is 907 g/mol. The molecule has 0 radical (unpaired) electrons. The second kappa shape index (κ2) is 25.6. The Labute approximate surface area is 411 Å². The van der Waals surface area contributed by atoms with Gasteiger partial charge in [0.05, 0.1) is 43.1 Å². The van der Waals surface area contributed by atoms with Crippen LogP contribution in [0, 0.1) is 43.4 Å². The Morgan fingerprint density at radius 1 is 0.786 bits per heavy atom. The zero-order valence-corrected chi connectivity index (χ0v) is 43.3. The maximum Gasteiger partial charge on any atom is 0.331 e. The van der Waals surface area contributed by atoms with Crippen molar-refractivity contribution >= 4 is 46.1 Å². The fraction of sp³-hybridized carbons (Fsp3) is 0.528. The van der Waals surface area contributed by atoms with Crippen molar-refractivity contribution in [3.05, 3.63) is 77.5 Å². The van der Waals surface area contributed by atoms with Gasteiger partial charge < -0.3 is 58.2 Å². The number of ether oxygens (including phenoxy) is 10. The van der Waals surface area contributed by atoms with Crippen molar-refractivity contribution in [1.82, 2.24) is 0 Å². The predicted octanol–water partition coefficient (Wildman–Crippen LogP) is 8.59. The van der Waals surface area contributed by atoms with Gasteiger partial charge in [0.25, 0.3) is 0 Å². The molecule has 0 aliphatic carbocycles. The minimum Gasteiger partial charge on any atom is -0.496 e. The molecule has 0 saturated carbocycles. The first-order chi connectivity index (χ1) is 32.8. The van der Waals surface area contributed by atoms with E-state index in [0.717, 1.165) is 0 Å². The van der Waals surface area contributed by atoms with Crippen molar-refractivity contribution < 1.29 is 76.4 Å². The lowest BCUT2D eigenvalue weighted by atomic mass is 9.75. The van der Waals surface area contributed by atoms with Crippen LogP contribution in [0.15, 0.2) is 60.8 Å². The number of carboxylic acid groups (broad SMARTS) is 1. The van der Waals surface area contributed by atoms with Crippen LogP contribution in [0.1, 0.15) is 90.7 Å². The number of anilines is 1. The first-order valence-corrected chi connectivity index (χ1v) is 23.0. The van der Waals surface area contributed by atoms with E-state index in [1.807, 2.05) is 13.8 Å². The second-order valence-corrected chi connectivity index (χ2v) is 18.0. The molecule has 0 amide bonds. The number of hydrogen-bond donors (Lipinski definition) is 2. The highest BCUT2D eigenvalue weighted by atomic mass is 16.7. The standard InChI is InChI=1S/C53H73NO16/c1-18-23-64-47-34(10)46(66-26-61-15)38(37-39(47)50(63-17)41(54)31(7)45(37)62-16)42(57)29(5)25-30(6)43(67-35(11)55)32(8)48(68-36(12)56)40(52(60)65-24-19-2)49-33(9)44(69-53(13,14)70-49)27(3)21-20-22-28(4)51(58)59/h18-22,25,27,30,32-33,40,43-44,48-49H,1-2,23-24,26,54H2,3-17H3,(H,58,59)/b21-20+,28-22+,29-25+/t27-,30+,32-,33-,40+,43+,44-,48-,49-/m1/s1. The predicted molar refractivity (Wildman–Crippen MR) is 264 cm³/mol. The molecule has 1 fully saturated rings. The highest BCUT2D eigenvalue weighted by Gasteiger charge is 2.53. The quantitative estimate of drug-likeness (QED) is 0.0139. The lowest BCUT2D eigenvalue weighted by Gasteiger charge is -2.50. The fourth-order valence-electron chi connectivity index (χ4n) is 9.05. The molecule has 386 valence electrons. The van der Waals surface area contributed by atoms with Crippen molar-refractivity contribution in [3.8, 4) is 23.0 Å². The lowest BCUT2D eigenvalue weighted by Crippen LogP contribution is -2.59. The summed E-state index contributed by atoms with van der Waals surface area (Å²) in [6, 6.07) is 0. The number of methoxy groups -OCH3 is 3. The van der Waals surface area contributed by atoms with Gasteiger partial charge in [-0.1, -0.05) is 77.3 Å². The smallest absolute Gasteiger partial charge is 0.331 e. The SMILES string of the molecule is C=CCOC(=O)[C@@H]([C@H](OC(C)=O)[C@H](C)[C@@H](OC(C)=O)[C@@H](C)/C=C(\C)C(=O)c1c(OCOC)c(C)c(OCC=C)c2c(OC)c(N)c(C)c(OC)c12)[C@@H]1OC(C)(C)O[C@H]([C@H](C)/C=C/C=C(\C)C(=O)O)[C@H]1C. The zero-order valence-electron chi connectivity index (χ0n) is 43.3. The van der Waals surface area contributed by atoms with Gasteiger partial charge in [-0.3, -0.25) is 19.2 Å². The molecule has 2 aromatic rings. The average Bonchev–Trinajstić information content (AvgIpc) is 3.29. The first kappa shape index (κ1) is 58.1. The molecule has 3 rings (SSSR count). The number of hydrogen-bond acceptors (Lipinski definition) is 16. The minimum absolute atomic E-state index is 0.0783. The number of Topliss-reactive ketones (excluding diaryl/α,β-unsaturated/α-hetero) is 1. The lowest BCUT2D eigenvalue weighted by molar-refractivity contribution is -0.336. The first-order valence-electron chi connectivity index (χ1n) is 23.0. The van der Waals surface area contributed by atoms with Gasteiger partial charge in [0.15, 0.2) is 24.1 Å². The third-order valence-corrected chi connectivity index (χ3v) is 12.2. The number of rotatable bonds is 25. The Balaban J connectivity index is 2.34. The van der Waals surface area contributed by atoms with E-state index in [0.29, 0.717) is 22.3 Å². The Morgan fingerprint density at radius 2 is 1.37 bits per heavy atom. The Kier molecular flexibility index (Phi) is 21.3. The second-order valence-electron chi connectivity index (χ2n) is 18.0. The third-order valence-electron chi connectivity index (χ3n) is 12.2. The summed E-state index contributed by atoms with van der Waals surface area (Å²) in [5.41, 5.74) is 8.19. The molecule has 0 aromatic heterocycles. The molecule has 17 heteroatoms. The number of carboxylic acids is 1. The molecule has 9 atom stereocenters. The van der Waals surface area contributed by atoms with Gasteiger partial charge in [-0.2, -0.15) is 0 Å². The molecule has 0 bridgehead atoms. The summed E-state index contributed by atoms with van der Waals surface area (Å²) in [5.74, 6) is -8.15. The maximum atomic E-state index is 15.2. The van der Waals surface area contributed by atoms with Crippen LogP contribution >= 0.6 is 0 Å². The van der Waals surface area contributed by atoms with Crippen LogP contribution in [-0.2, 0) is 47.6 Å². The molecule has 2 aromatic carbocycles.